The summed E-state index contributed by atoms with van der Waals surface area (Å²) in [6.07, 6.45) is 0. The number of rotatable bonds is 2. The summed E-state index contributed by atoms with van der Waals surface area (Å²) in [6, 6.07) is 1.45. The first-order valence-electron chi connectivity index (χ1n) is 4.97. The molecule has 2 rings (SSSR count). The smallest absolute Gasteiger partial charge is 0.297 e. The Kier molecular flexibility index (Phi) is 3.36. The third-order valence-corrected chi connectivity index (χ3v) is 2.56. The number of nitro benzene ring substituents is 1. The molecular weight excluding hydrogens is 300 g/mol. The molecule has 0 unspecified atom stereocenters. The zero-order valence-corrected chi connectivity index (χ0v) is 10.1. The monoisotopic (exact) mass is 303 g/mol. The predicted octanol–water partition coefficient (Wildman–Crippen LogP) is 1.37. The first-order chi connectivity index (χ1) is 9.31. The molecule has 2 aromatic rings. The Morgan fingerprint density at radius 3 is 2.40 bits per heavy atom. The maximum atomic E-state index is 13.6. The summed E-state index contributed by atoms with van der Waals surface area (Å²) in [5.41, 5.74) is -3.94. The largest absolute Gasteiger partial charge is 0.334 e. The Balaban J connectivity index is 2.84. The van der Waals surface area contributed by atoms with Crippen molar-refractivity contribution in [2.45, 2.75) is 0 Å². The average molecular weight is 304 g/mol. The molecule has 1 aromatic carbocycles. The Bertz CT molecular complexity index is 799. The maximum absolute atomic E-state index is 13.6. The van der Waals surface area contributed by atoms with E-state index in [9.17, 15) is 28.5 Å². The van der Waals surface area contributed by atoms with Crippen molar-refractivity contribution in [2.75, 3.05) is 0 Å². The van der Waals surface area contributed by atoms with Gasteiger partial charge in [-0.05, 0) is 0 Å². The summed E-state index contributed by atoms with van der Waals surface area (Å²) in [6.45, 7) is 0. The van der Waals surface area contributed by atoms with Gasteiger partial charge in [-0.15, -0.1) is 0 Å². The van der Waals surface area contributed by atoms with E-state index in [1.807, 2.05) is 4.98 Å². The van der Waals surface area contributed by atoms with E-state index in [0.717, 1.165) is 6.07 Å². The summed E-state index contributed by atoms with van der Waals surface area (Å²) in [4.78, 5) is 34.7. The molecule has 20 heavy (non-hydrogen) atoms. The second-order valence-corrected chi connectivity index (χ2v) is 4.02. The second-order valence-electron chi connectivity index (χ2n) is 3.61. The third-order valence-electron chi connectivity index (χ3n) is 2.35. The van der Waals surface area contributed by atoms with Crippen molar-refractivity contribution in [1.82, 2.24) is 9.55 Å². The number of hydrogen-bond donors (Lipinski definition) is 1. The maximum Gasteiger partial charge on any atom is 0.334 e. The highest BCUT2D eigenvalue weighted by atomic mass is 35.5. The number of nitrogens with one attached hydrogen (secondary N) is 1. The molecule has 10 heteroatoms. The SMILES string of the molecule is O=c1cc(Cl)[nH]c(=O)n1-c1cc([N+](=O)[O-])c(F)cc1F. The molecule has 0 spiro atoms. The van der Waals surface area contributed by atoms with Gasteiger partial charge in [-0.2, -0.15) is 4.39 Å². The van der Waals surface area contributed by atoms with Crippen molar-refractivity contribution in [3.8, 4) is 5.69 Å². The van der Waals surface area contributed by atoms with E-state index in [1.54, 1.807) is 0 Å². The number of nitrogens with zero attached hydrogens (tertiary/aromatic N) is 2. The highest BCUT2D eigenvalue weighted by Gasteiger charge is 2.21. The normalized spacial score (nSPS) is 10.6. The van der Waals surface area contributed by atoms with Gasteiger partial charge >= 0.3 is 11.4 Å². The molecule has 0 radical (unpaired) electrons. The molecule has 104 valence electrons. The van der Waals surface area contributed by atoms with Crippen LogP contribution in [0.5, 0.6) is 0 Å². The molecule has 0 aliphatic heterocycles. The van der Waals surface area contributed by atoms with Crippen LogP contribution in [0.2, 0.25) is 5.15 Å². The Labute approximate surface area is 113 Å². The lowest BCUT2D eigenvalue weighted by atomic mass is 10.2. The zero-order valence-electron chi connectivity index (χ0n) is 9.39. The molecule has 1 heterocycles. The van der Waals surface area contributed by atoms with Crippen molar-refractivity contribution in [1.29, 1.82) is 0 Å². The first kappa shape index (κ1) is 13.9. The molecule has 1 aromatic heterocycles. The van der Waals surface area contributed by atoms with Gasteiger partial charge in [0.05, 0.1) is 10.6 Å². The van der Waals surface area contributed by atoms with Gasteiger partial charge in [0.25, 0.3) is 5.56 Å². The van der Waals surface area contributed by atoms with Gasteiger partial charge in [0.2, 0.25) is 5.82 Å². The zero-order chi connectivity index (χ0) is 15.0. The number of hydrogen-bond acceptors (Lipinski definition) is 4. The Hall–Kier alpha value is -2.55. The van der Waals surface area contributed by atoms with Crippen molar-refractivity contribution in [3.05, 3.63) is 65.9 Å². The lowest BCUT2D eigenvalue weighted by Crippen LogP contribution is -2.33. The van der Waals surface area contributed by atoms with E-state index >= 15 is 0 Å². The van der Waals surface area contributed by atoms with Crippen molar-refractivity contribution >= 4 is 17.3 Å². The van der Waals surface area contributed by atoms with E-state index in [4.69, 9.17) is 11.6 Å². The fourth-order valence-corrected chi connectivity index (χ4v) is 1.71. The van der Waals surface area contributed by atoms with Gasteiger partial charge < -0.3 is 0 Å². The van der Waals surface area contributed by atoms with E-state index in [1.165, 1.54) is 0 Å². The summed E-state index contributed by atoms with van der Waals surface area (Å²) < 4.78 is 27.1. The van der Waals surface area contributed by atoms with Gasteiger partial charge in [0.15, 0.2) is 5.82 Å². The highest BCUT2D eigenvalue weighted by Crippen LogP contribution is 2.22. The van der Waals surface area contributed by atoms with Crippen LogP contribution in [-0.2, 0) is 0 Å². The van der Waals surface area contributed by atoms with Gasteiger partial charge in [-0.3, -0.25) is 19.9 Å². The van der Waals surface area contributed by atoms with Gasteiger partial charge in [-0.25, -0.2) is 13.8 Å². The third kappa shape index (κ3) is 2.30. The van der Waals surface area contributed by atoms with Crippen molar-refractivity contribution in [3.63, 3.8) is 0 Å². The van der Waals surface area contributed by atoms with Crippen LogP contribution in [0.1, 0.15) is 0 Å². The van der Waals surface area contributed by atoms with Gasteiger partial charge in [0.1, 0.15) is 5.15 Å². The minimum absolute atomic E-state index is 0.216. The number of aromatic nitrogens is 2. The van der Waals surface area contributed by atoms with Crippen LogP contribution in [0.25, 0.3) is 5.69 Å². The average Bonchev–Trinajstić information content (AvgIpc) is 2.29. The Morgan fingerprint density at radius 2 is 1.85 bits per heavy atom. The molecule has 7 nitrogen and oxygen atoms in total. The van der Waals surface area contributed by atoms with E-state index in [2.05, 4.69) is 0 Å². The molecule has 1 N–H and O–H groups in total. The number of H-pyrrole nitrogens is 1. The number of halogens is 3. The van der Waals surface area contributed by atoms with E-state index in [0.29, 0.717) is 6.07 Å². The Morgan fingerprint density at radius 1 is 1.20 bits per heavy atom. The molecule has 0 fully saturated rings. The number of nitro groups is 1. The van der Waals surface area contributed by atoms with Crippen LogP contribution in [0, 0.1) is 21.7 Å². The fraction of sp³-hybridized carbons (Fsp3) is 0. The molecule has 0 atom stereocenters. The quantitative estimate of drug-likeness (QED) is 0.514. The standard InChI is InChI=1S/C10H4ClF2N3O4/c11-8-3-9(17)15(10(18)14-8)6-2-7(16(19)20)5(13)1-4(6)12/h1-3H,(H,14,18). The van der Waals surface area contributed by atoms with Crippen LogP contribution in [0.3, 0.4) is 0 Å². The van der Waals surface area contributed by atoms with E-state index < -0.39 is 39.2 Å². The van der Waals surface area contributed by atoms with Crippen molar-refractivity contribution < 1.29 is 13.7 Å². The van der Waals surface area contributed by atoms with Crippen LogP contribution in [0.4, 0.5) is 14.5 Å². The second kappa shape index (κ2) is 4.85. The van der Waals surface area contributed by atoms with Crippen LogP contribution < -0.4 is 11.2 Å². The fourth-order valence-electron chi connectivity index (χ4n) is 1.53. The van der Waals surface area contributed by atoms with Gasteiger partial charge in [0, 0.05) is 18.2 Å². The molecule has 0 aliphatic rings. The molecule has 0 bridgehead atoms. The number of aromatic amines is 1. The minimum Gasteiger partial charge on any atom is -0.297 e. The lowest BCUT2D eigenvalue weighted by Gasteiger charge is -2.06. The molecule has 0 amide bonds. The van der Waals surface area contributed by atoms with Crippen LogP contribution >= 0.6 is 11.6 Å². The van der Waals surface area contributed by atoms with Crippen LogP contribution in [-0.4, -0.2) is 14.5 Å². The predicted molar refractivity (Wildman–Crippen MR) is 64.2 cm³/mol. The summed E-state index contributed by atoms with van der Waals surface area (Å²) >= 11 is 5.43. The summed E-state index contributed by atoms with van der Waals surface area (Å²) in [7, 11) is 0. The molecule has 0 saturated carbocycles. The molecule has 0 saturated heterocycles. The summed E-state index contributed by atoms with van der Waals surface area (Å²) in [5, 5.41) is 10.3. The van der Waals surface area contributed by atoms with Crippen LogP contribution in [0.15, 0.2) is 27.8 Å². The first-order valence-corrected chi connectivity index (χ1v) is 5.34. The summed E-state index contributed by atoms with van der Waals surface area (Å²) in [5.74, 6) is -2.72. The van der Waals surface area contributed by atoms with E-state index in [-0.39, 0.29) is 15.8 Å². The topological polar surface area (TPSA) is 98.0 Å². The van der Waals surface area contributed by atoms with Gasteiger partial charge in [-0.1, -0.05) is 11.6 Å². The molecule has 0 aliphatic carbocycles. The number of benzene rings is 1. The van der Waals surface area contributed by atoms with Crippen molar-refractivity contribution in [2.24, 2.45) is 0 Å². The lowest BCUT2D eigenvalue weighted by molar-refractivity contribution is -0.387. The minimum atomic E-state index is -1.42. The highest BCUT2D eigenvalue weighted by molar-refractivity contribution is 6.29. The molecular formula is C10H4ClF2N3O4.